The standard InChI is InChI=1S/C17H23N3O/c1-5-8-18-11-14-10-13(3)19-17(20-14)15-7-6-12(2)9-16(15)21-4/h6-7,9-10,18H,5,8,11H2,1-4H3. The van der Waals surface area contributed by atoms with Crippen LogP contribution in [-0.2, 0) is 6.54 Å². The van der Waals surface area contributed by atoms with Gasteiger partial charge in [-0.05, 0) is 50.6 Å². The first kappa shape index (κ1) is 15.4. The van der Waals surface area contributed by atoms with Gasteiger partial charge in [0.1, 0.15) is 5.75 Å². The van der Waals surface area contributed by atoms with Gasteiger partial charge in [-0.15, -0.1) is 0 Å². The fourth-order valence-corrected chi connectivity index (χ4v) is 2.22. The SMILES string of the molecule is CCCNCc1cc(C)nc(-c2ccc(C)cc2OC)n1. The molecule has 2 aromatic rings. The summed E-state index contributed by atoms with van der Waals surface area (Å²) >= 11 is 0. The lowest BCUT2D eigenvalue weighted by atomic mass is 10.1. The van der Waals surface area contributed by atoms with Gasteiger partial charge in [-0.2, -0.15) is 0 Å². The van der Waals surface area contributed by atoms with Gasteiger partial charge >= 0.3 is 0 Å². The van der Waals surface area contributed by atoms with E-state index in [1.807, 2.05) is 32.0 Å². The highest BCUT2D eigenvalue weighted by atomic mass is 16.5. The van der Waals surface area contributed by atoms with Crippen molar-refractivity contribution in [1.82, 2.24) is 15.3 Å². The van der Waals surface area contributed by atoms with Crippen LogP contribution < -0.4 is 10.1 Å². The van der Waals surface area contributed by atoms with Crippen molar-refractivity contribution in [3.8, 4) is 17.1 Å². The quantitative estimate of drug-likeness (QED) is 0.828. The van der Waals surface area contributed by atoms with Crippen LogP contribution in [0.3, 0.4) is 0 Å². The number of ether oxygens (including phenoxy) is 1. The van der Waals surface area contributed by atoms with Gasteiger partial charge in [0.2, 0.25) is 0 Å². The zero-order chi connectivity index (χ0) is 15.2. The zero-order valence-corrected chi connectivity index (χ0v) is 13.2. The Labute approximate surface area is 126 Å². The molecule has 0 aliphatic heterocycles. The van der Waals surface area contributed by atoms with E-state index in [2.05, 4.69) is 28.3 Å². The molecule has 4 heteroatoms. The Balaban J connectivity index is 2.35. The Bertz CT molecular complexity index is 611. The van der Waals surface area contributed by atoms with Gasteiger partial charge in [-0.1, -0.05) is 13.0 Å². The first-order valence-corrected chi connectivity index (χ1v) is 7.34. The highest BCUT2D eigenvalue weighted by Gasteiger charge is 2.10. The molecule has 0 atom stereocenters. The number of aromatic nitrogens is 2. The summed E-state index contributed by atoms with van der Waals surface area (Å²) in [5.74, 6) is 1.54. The second-order valence-corrected chi connectivity index (χ2v) is 5.20. The van der Waals surface area contributed by atoms with Crippen LogP contribution in [0, 0.1) is 13.8 Å². The van der Waals surface area contributed by atoms with Crippen LogP contribution in [0.25, 0.3) is 11.4 Å². The Morgan fingerprint density at radius 1 is 1.14 bits per heavy atom. The average Bonchev–Trinajstić information content (AvgIpc) is 2.46. The number of aryl methyl sites for hydroxylation is 2. The molecule has 1 aromatic heterocycles. The van der Waals surface area contributed by atoms with E-state index in [4.69, 9.17) is 4.74 Å². The van der Waals surface area contributed by atoms with Gasteiger partial charge in [0.15, 0.2) is 5.82 Å². The lowest BCUT2D eigenvalue weighted by Crippen LogP contribution is -2.15. The van der Waals surface area contributed by atoms with Gasteiger partial charge in [-0.3, -0.25) is 0 Å². The molecule has 1 N–H and O–H groups in total. The summed E-state index contributed by atoms with van der Waals surface area (Å²) in [6.07, 6.45) is 1.11. The number of benzene rings is 1. The molecule has 0 fully saturated rings. The smallest absolute Gasteiger partial charge is 0.163 e. The van der Waals surface area contributed by atoms with Crippen molar-refractivity contribution in [2.75, 3.05) is 13.7 Å². The lowest BCUT2D eigenvalue weighted by Gasteiger charge is -2.11. The minimum Gasteiger partial charge on any atom is -0.496 e. The monoisotopic (exact) mass is 285 g/mol. The third-order valence-corrected chi connectivity index (χ3v) is 3.24. The minimum absolute atomic E-state index is 0.722. The van der Waals surface area contributed by atoms with Gasteiger partial charge < -0.3 is 10.1 Å². The lowest BCUT2D eigenvalue weighted by molar-refractivity contribution is 0.416. The summed E-state index contributed by atoms with van der Waals surface area (Å²) < 4.78 is 5.46. The summed E-state index contributed by atoms with van der Waals surface area (Å²) in [7, 11) is 1.68. The van der Waals surface area contributed by atoms with E-state index in [0.29, 0.717) is 0 Å². The van der Waals surface area contributed by atoms with Crippen molar-refractivity contribution in [1.29, 1.82) is 0 Å². The van der Waals surface area contributed by atoms with Gasteiger partial charge in [0, 0.05) is 12.2 Å². The summed E-state index contributed by atoms with van der Waals surface area (Å²) in [5, 5.41) is 3.37. The van der Waals surface area contributed by atoms with E-state index in [-0.39, 0.29) is 0 Å². The van der Waals surface area contributed by atoms with Crippen molar-refractivity contribution >= 4 is 0 Å². The van der Waals surface area contributed by atoms with Crippen molar-refractivity contribution in [3.63, 3.8) is 0 Å². The number of hydrogen-bond donors (Lipinski definition) is 1. The number of nitrogens with one attached hydrogen (secondary N) is 1. The Morgan fingerprint density at radius 2 is 1.95 bits per heavy atom. The van der Waals surface area contributed by atoms with Crippen LogP contribution >= 0.6 is 0 Å². The first-order chi connectivity index (χ1) is 10.1. The fourth-order valence-electron chi connectivity index (χ4n) is 2.22. The number of methoxy groups -OCH3 is 1. The summed E-state index contributed by atoms with van der Waals surface area (Å²) in [6.45, 7) is 7.95. The molecule has 1 aromatic carbocycles. The Kier molecular flexibility index (Phi) is 5.28. The van der Waals surface area contributed by atoms with Crippen LogP contribution in [0.5, 0.6) is 5.75 Å². The van der Waals surface area contributed by atoms with E-state index < -0.39 is 0 Å². The van der Waals surface area contributed by atoms with E-state index in [9.17, 15) is 0 Å². The highest BCUT2D eigenvalue weighted by Crippen LogP contribution is 2.28. The third-order valence-electron chi connectivity index (χ3n) is 3.24. The predicted molar refractivity (Wildman–Crippen MR) is 85.5 cm³/mol. The molecule has 21 heavy (non-hydrogen) atoms. The van der Waals surface area contributed by atoms with E-state index in [1.165, 1.54) is 0 Å². The van der Waals surface area contributed by atoms with Gasteiger partial charge in [-0.25, -0.2) is 9.97 Å². The van der Waals surface area contributed by atoms with Crippen LogP contribution in [0.2, 0.25) is 0 Å². The zero-order valence-electron chi connectivity index (χ0n) is 13.2. The number of rotatable bonds is 6. The first-order valence-electron chi connectivity index (χ1n) is 7.34. The molecule has 0 amide bonds. The topological polar surface area (TPSA) is 47.0 Å². The maximum Gasteiger partial charge on any atom is 0.163 e. The van der Waals surface area contributed by atoms with E-state index in [0.717, 1.165) is 53.6 Å². The molecule has 4 nitrogen and oxygen atoms in total. The molecule has 0 aliphatic carbocycles. The third kappa shape index (κ3) is 4.02. The molecule has 0 radical (unpaired) electrons. The Hall–Kier alpha value is -1.94. The summed E-state index contributed by atoms with van der Waals surface area (Å²) in [4.78, 5) is 9.21. The van der Waals surface area contributed by atoms with Crippen molar-refractivity contribution in [3.05, 3.63) is 41.2 Å². The second-order valence-electron chi connectivity index (χ2n) is 5.20. The van der Waals surface area contributed by atoms with Gasteiger partial charge in [0.05, 0.1) is 18.4 Å². The van der Waals surface area contributed by atoms with Gasteiger partial charge in [0.25, 0.3) is 0 Å². The predicted octanol–water partition coefficient (Wildman–Crippen LogP) is 3.27. The van der Waals surface area contributed by atoms with Crippen molar-refractivity contribution < 1.29 is 4.74 Å². The molecular formula is C17H23N3O. The number of hydrogen-bond acceptors (Lipinski definition) is 4. The normalized spacial score (nSPS) is 10.7. The number of nitrogens with zero attached hydrogens (tertiary/aromatic N) is 2. The second kappa shape index (κ2) is 7.18. The van der Waals surface area contributed by atoms with Crippen molar-refractivity contribution in [2.45, 2.75) is 33.7 Å². The van der Waals surface area contributed by atoms with Crippen LogP contribution in [0.1, 0.15) is 30.3 Å². The maximum absolute atomic E-state index is 5.46. The van der Waals surface area contributed by atoms with E-state index >= 15 is 0 Å². The summed E-state index contributed by atoms with van der Waals surface area (Å²) in [6, 6.07) is 8.10. The molecular weight excluding hydrogens is 262 g/mol. The average molecular weight is 285 g/mol. The molecule has 0 aliphatic rings. The molecule has 0 unspecified atom stereocenters. The molecule has 2 rings (SSSR count). The minimum atomic E-state index is 0.722. The Morgan fingerprint density at radius 3 is 2.67 bits per heavy atom. The van der Waals surface area contributed by atoms with Crippen LogP contribution in [0.15, 0.2) is 24.3 Å². The molecule has 0 spiro atoms. The molecule has 0 saturated heterocycles. The van der Waals surface area contributed by atoms with Crippen LogP contribution in [0.4, 0.5) is 0 Å². The largest absolute Gasteiger partial charge is 0.496 e. The van der Waals surface area contributed by atoms with Crippen molar-refractivity contribution in [2.24, 2.45) is 0 Å². The fraction of sp³-hybridized carbons (Fsp3) is 0.412. The summed E-state index contributed by atoms with van der Waals surface area (Å²) in [5.41, 5.74) is 4.07. The molecule has 0 saturated carbocycles. The van der Waals surface area contributed by atoms with Crippen LogP contribution in [-0.4, -0.2) is 23.6 Å². The molecule has 0 bridgehead atoms. The molecule has 1 heterocycles. The maximum atomic E-state index is 5.46. The van der Waals surface area contributed by atoms with E-state index in [1.54, 1.807) is 7.11 Å². The highest BCUT2D eigenvalue weighted by molar-refractivity contribution is 5.65. The molecule has 112 valence electrons.